The summed E-state index contributed by atoms with van der Waals surface area (Å²) in [5.41, 5.74) is 3.94. The highest BCUT2D eigenvalue weighted by atomic mass is 19.1. The Morgan fingerprint density at radius 3 is 2.41 bits per heavy atom. The van der Waals surface area contributed by atoms with E-state index in [0.717, 1.165) is 22.7 Å². The molecule has 1 aliphatic carbocycles. The molecule has 9 heteroatoms. The lowest BCUT2D eigenvalue weighted by Gasteiger charge is -2.36. The Morgan fingerprint density at radius 2 is 1.78 bits per heavy atom. The van der Waals surface area contributed by atoms with Crippen LogP contribution in [0.5, 0.6) is 5.75 Å². The van der Waals surface area contributed by atoms with Crippen molar-refractivity contribution in [1.29, 1.82) is 0 Å². The van der Waals surface area contributed by atoms with Gasteiger partial charge in [-0.25, -0.2) is 14.2 Å². The van der Waals surface area contributed by atoms with Gasteiger partial charge in [0.15, 0.2) is 0 Å². The first-order valence-electron chi connectivity index (χ1n) is 14.3. The number of pyridine rings is 1. The van der Waals surface area contributed by atoms with Crippen molar-refractivity contribution >= 4 is 23.4 Å². The molecule has 3 amide bonds. The van der Waals surface area contributed by atoms with Gasteiger partial charge in [-0.1, -0.05) is 18.2 Å². The maximum absolute atomic E-state index is 15.3. The van der Waals surface area contributed by atoms with Crippen LogP contribution in [0.3, 0.4) is 0 Å². The van der Waals surface area contributed by atoms with E-state index in [1.807, 2.05) is 37.4 Å². The quantitative estimate of drug-likeness (QED) is 0.399. The Hall–Kier alpha value is -4.14. The molecule has 1 aromatic heterocycles. The minimum atomic E-state index is -0.614. The number of anilines is 2. The molecule has 3 fully saturated rings. The lowest BCUT2D eigenvalue weighted by Crippen LogP contribution is -2.49. The van der Waals surface area contributed by atoms with E-state index >= 15 is 4.39 Å². The molecule has 3 aliphatic rings. The number of ether oxygens (including phenoxy) is 1. The molecular weight excluding hydrogens is 521 g/mol. The van der Waals surface area contributed by atoms with Crippen molar-refractivity contribution in [3.8, 4) is 5.75 Å². The van der Waals surface area contributed by atoms with Gasteiger partial charge in [0.2, 0.25) is 0 Å². The highest BCUT2D eigenvalue weighted by Crippen LogP contribution is 2.40. The molecule has 0 N–H and O–H groups in total. The number of aryl methyl sites for hydroxylation is 1. The molecule has 1 atom stereocenters. The SMILES string of the molecule is COc1ccc(CN2CC(C)N(c3ccc(C(=O)N4CCN(c5ncc(C6CC6)cc5C)CC4)c(F)c3)C2=O)cc1. The number of methoxy groups -OCH3 is 1. The number of piperazine rings is 1. The summed E-state index contributed by atoms with van der Waals surface area (Å²) in [6, 6.07) is 14.0. The maximum Gasteiger partial charge on any atom is 0.325 e. The van der Waals surface area contributed by atoms with Crippen LogP contribution in [0.4, 0.5) is 20.7 Å². The smallest absolute Gasteiger partial charge is 0.325 e. The maximum atomic E-state index is 15.3. The van der Waals surface area contributed by atoms with Gasteiger partial charge in [0, 0.05) is 51.2 Å². The Kier molecular flexibility index (Phi) is 7.28. The van der Waals surface area contributed by atoms with Crippen LogP contribution < -0.4 is 14.5 Å². The number of urea groups is 1. The van der Waals surface area contributed by atoms with Gasteiger partial charge in [0.05, 0.1) is 18.7 Å². The average molecular weight is 558 g/mol. The number of hydrogen-bond acceptors (Lipinski definition) is 5. The van der Waals surface area contributed by atoms with Gasteiger partial charge >= 0.3 is 6.03 Å². The zero-order valence-electron chi connectivity index (χ0n) is 23.8. The van der Waals surface area contributed by atoms with Gasteiger partial charge in [-0.05, 0) is 79.6 Å². The van der Waals surface area contributed by atoms with Crippen LogP contribution in [0.2, 0.25) is 0 Å². The minimum absolute atomic E-state index is 0.0275. The van der Waals surface area contributed by atoms with E-state index < -0.39 is 5.82 Å². The number of halogens is 1. The molecule has 1 unspecified atom stereocenters. The first-order valence-corrected chi connectivity index (χ1v) is 14.3. The molecule has 2 saturated heterocycles. The third-order valence-electron chi connectivity index (χ3n) is 8.38. The Bertz CT molecular complexity index is 1450. The van der Waals surface area contributed by atoms with Crippen molar-refractivity contribution in [3.63, 3.8) is 0 Å². The molecule has 1 saturated carbocycles. The summed E-state index contributed by atoms with van der Waals surface area (Å²) in [6.45, 7) is 7.29. The zero-order valence-corrected chi connectivity index (χ0v) is 23.8. The van der Waals surface area contributed by atoms with Crippen LogP contribution in [0.25, 0.3) is 0 Å². The predicted molar refractivity (Wildman–Crippen MR) is 156 cm³/mol. The van der Waals surface area contributed by atoms with Gasteiger partial charge in [0.25, 0.3) is 5.91 Å². The van der Waals surface area contributed by atoms with Crippen LogP contribution in [0.15, 0.2) is 54.7 Å². The third-order valence-corrected chi connectivity index (χ3v) is 8.38. The Morgan fingerprint density at radius 1 is 1.05 bits per heavy atom. The second-order valence-electron chi connectivity index (χ2n) is 11.4. The van der Waals surface area contributed by atoms with Crippen LogP contribution >= 0.6 is 0 Å². The number of amides is 3. The van der Waals surface area contributed by atoms with E-state index in [4.69, 9.17) is 9.72 Å². The summed E-state index contributed by atoms with van der Waals surface area (Å²) in [6.07, 6.45) is 4.48. The van der Waals surface area contributed by atoms with Crippen molar-refractivity contribution in [3.05, 3.63) is 82.8 Å². The molecule has 2 aliphatic heterocycles. The molecule has 0 bridgehead atoms. The van der Waals surface area contributed by atoms with E-state index in [2.05, 4.69) is 17.9 Å². The van der Waals surface area contributed by atoms with Crippen LogP contribution in [-0.2, 0) is 6.54 Å². The number of nitrogens with zero attached hydrogens (tertiary/aromatic N) is 5. The largest absolute Gasteiger partial charge is 0.497 e. The monoisotopic (exact) mass is 557 g/mol. The predicted octanol–water partition coefficient (Wildman–Crippen LogP) is 5.21. The molecule has 0 spiro atoms. The minimum Gasteiger partial charge on any atom is -0.497 e. The van der Waals surface area contributed by atoms with E-state index in [1.54, 1.807) is 27.9 Å². The molecule has 3 heterocycles. The number of carbonyl (C=O) groups is 2. The molecule has 0 radical (unpaired) electrons. The third kappa shape index (κ3) is 5.45. The molecule has 214 valence electrons. The summed E-state index contributed by atoms with van der Waals surface area (Å²) >= 11 is 0. The highest BCUT2D eigenvalue weighted by molar-refractivity contribution is 5.97. The molecule has 8 nitrogen and oxygen atoms in total. The van der Waals surface area contributed by atoms with Gasteiger partial charge in [0.1, 0.15) is 17.4 Å². The van der Waals surface area contributed by atoms with Crippen LogP contribution in [-0.4, -0.2) is 72.6 Å². The van der Waals surface area contributed by atoms with Crippen molar-refractivity contribution in [1.82, 2.24) is 14.8 Å². The standard InChI is InChI=1S/C32H36FN5O3/c1-21-16-25(24-6-7-24)18-34-30(21)35-12-14-36(15-13-35)31(39)28-11-8-26(17-29(28)33)38-22(2)19-37(32(38)40)20-23-4-9-27(41-3)10-5-23/h4-5,8-11,16-18,22,24H,6-7,12-15,19-20H2,1-3H3. The Balaban J connectivity index is 1.09. The van der Waals surface area contributed by atoms with E-state index in [1.165, 1.54) is 30.5 Å². The second kappa shape index (κ2) is 11.0. The van der Waals surface area contributed by atoms with E-state index in [0.29, 0.717) is 50.9 Å². The summed E-state index contributed by atoms with van der Waals surface area (Å²) in [5, 5.41) is 0. The Labute approximate surface area is 240 Å². The van der Waals surface area contributed by atoms with E-state index in [9.17, 15) is 9.59 Å². The topological polar surface area (TPSA) is 69.2 Å². The molecule has 6 rings (SSSR count). The highest BCUT2D eigenvalue weighted by Gasteiger charge is 2.36. The fraction of sp³-hybridized carbons (Fsp3) is 0.406. The number of rotatable bonds is 7. The fourth-order valence-corrected chi connectivity index (χ4v) is 5.95. The van der Waals surface area contributed by atoms with Crippen molar-refractivity contribution in [2.45, 2.75) is 45.2 Å². The lowest BCUT2D eigenvalue weighted by molar-refractivity contribution is 0.0742. The average Bonchev–Trinajstić information content (AvgIpc) is 3.79. The molecular formula is C32H36FN5O3. The second-order valence-corrected chi connectivity index (χ2v) is 11.4. The summed E-state index contributed by atoms with van der Waals surface area (Å²) in [7, 11) is 1.62. The number of benzene rings is 2. The van der Waals surface area contributed by atoms with E-state index in [-0.39, 0.29) is 23.5 Å². The summed E-state index contributed by atoms with van der Waals surface area (Å²) in [5.74, 6) is 1.44. The van der Waals surface area contributed by atoms with Crippen molar-refractivity contribution in [2.75, 3.05) is 49.6 Å². The van der Waals surface area contributed by atoms with Gasteiger partial charge in [-0.3, -0.25) is 9.69 Å². The molecule has 3 aromatic rings. The molecule has 2 aromatic carbocycles. The fourth-order valence-electron chi connectivity index (χ4n) is 5.95. The van der Waals surface area contributed by atoms with Gasteiger partial charge in [-0.2, -0.15) is 0 Å². The number of aromatic nitrogens is 1. The van der Waals surface area contributed by atoms with Gasteiger partial charge in [-0.15, -0.1) is 0 Å². The van der Waals surface area contributed by atoms with Crippen molar-refractivity contribution in [2.24, 2.45) is 0 Å². The normalized spacial score (nSPS) is 19.2. The summed E-state index contributed by atoms with van der Waals surface area (Å²) in [4.78, 5) is 38.5. The van der Waals surface area contributed by atoms with Crippen LogP contribution in [0.1, 0.15) is 52.7 Å². The molecule has 41 heavy (non-hydrogen) atoms. The van der Waals surface area contributed by atoms with Gasteiger partial charge < -0.3 is 19.4 Å². The number of carbonyl (C=O) groups excluding carboxylic acids is 2. The van der Waals surface area contributed by atoms with Crippen molar-refractivity contribution < 1.29 is 18.7 Å². The summed E-state index contributed by atoms with van der Waals surface area (Å²) < 4.78 is 20.6. The van der Waals surface area contributed by atoms with Crippen LogP contribution in [0, 0.1) is 12.7 Å². The first kappa shape index (κ1) is 27.1. The zero-order chi connectivity index (χ0) is 28.7. The number of hydrogen-bond donors (Lipinski definition) is 0. The lowest BCUT2D eigenvalue weighted by atomic mass is 10.1. The first-order chi connectivity index (χ1) is 19.8.